The van der Waals surface area contributed by atoms with Gasteiger partial charge in [-0.1, -0.05) is 6.42 Å². The summed E-state index contributed by atoms with van der Waals surface area (Å²) in [6.07, 6.45) is 4.73. The SMILES string of the molecule is O=S(=O)(NCCN1CCCCC1CO)c1ccc2nc[nH]c2c1. The summed E-state index contributed by atoms with van der Waals surface area (Å²) in [6.45, 7) is 1.98. The number of aliphatic hydroxyl groups excluding tert-OH is 1. The average molecular weight is 338 g/mol. The van der Waals surface area contributed by atoms with Crippen LogP contribution in [0.4, 0.5) is 0 Å². The Kier molecular flexibility index (Phi) is 4.96. The van der Waals surface area contributed by atoms with Crippen molar-refractivity contribution in [1.29, 1.82) is 0 Å². The minimum atomic E-state index is -3.54. The molecule has 1 aromatic carbocycles. The van der Waals surface area contributed by atoms with Gasteiger partial charge >= 0.3 is 0 Å². The van der Waals surface area contributed by atoms with Gasteiger partial charge in [0.05, 0.1) is 28.9 Å². The number of nitrogens with one attached hydrogen (secondary N) is 2. The predicted octanol–water partition coefficient (Wildman–Crippen LogP) is 0.688. The highest BCUT2D eigenvalue weighted by atomic mass is 32.2. The van der Waals surface area contributed by atoms with Gasteiger partial charge in [-0.2, -0.15) is 0 Å². The second kappa shape index (κ2) is 6.96. The van der Waals surface area contributed by atoms with Crippen LogP contribution in [0.2, 0.25) is 0 Å². The van der Waals surface area contributed by atoms with Gasteiger partial charge in [0.1, 0.15) is 0 Å². The van der Waals surface area contributed by atoms with E-state index in [0.717, 1.165) is 31.3 Å². The molecular weight excluding hydrogens is 316 g/mol. The summed E-state index contributed by atoms with van der Waals surface area (Å²) in [5.41, 5.74) is 1.44. The zero-order valence-electron chi connectivity index (χ0n) is 12.9. The van der Waals surface area contributed by atoms with Crippen LogP contribution in [0, 0.1) is 0 Å². The number of likely N-dealkylation sites (tertiary alicyclic amines) is 1. The van der Waals surface area contributed by atoms with Gasteiger partial charge in [-0.3, -0.25) is 4.90 Å². The third kappa shape index (κ3) is 3.72. The third-order valence-corrected chi connectivity index (χ3v) is 5.81. The number of fused-ring (bicyclic) bond motifs is 1. The fraction of sp³-hybridized carbons (Fsp3) is 0.533. The zero-order chi connectivity index (χ0) is 16.3. The molecule has 0 saturated carbocycles. The summed E-state index contributed by atoms with van der Waals surface area (Å²) in [6, 6.07) is 4.98. The van der Waals surface area contributed by atoms with E-state index in [9.17, 15) is 13.5 Å². The number of benzene rings is 1. The second-order valence-electron chi connectivity index (χ2n) is 5.85. The lowest BCUT2D eigenvalue weighted by atomic mass is 10.0. The number of nitrogens with zero attached hydrogens (tertiary/aromatic N) is 2. The van der Waals surface area contributed by atoms with Crippen molar-refractivity contribution in [3.8, 4) is 0 Å². The number of aliphatic hydroxyl groups is 1. The number of hydrogen-bond donors (Lipinski definition) is 3. The van der Waals surface area contributed by atoms with E-state index in [2.05, 4.69) is 19.6 Å². The standard InChI is InChI=1S/C15H22N4O3S/c20-10-12-3-1-2-7-19(12)8-6-18-23(21,22)13-4-5-14-15(9-13)17-11-16-14/h4-5,9,11-12,18,20H,1-3,6-8,10H2,(H,16,17). The molecule has 0 spiro atoms. The Morgan fingerprint density at radius 1 is 1.39 bits per heavy atom. The molecule has 2 heterocycles. The number of hydrogen-bond acceptors (Lipinski definition) is 5. The van der Waals surface area contributed by atoms with Crippen LogP contribution in [0.1, 0.15) is 19.3 Å². The zero-order valence-corrected chi connectivity index (χ0v) is 13.7. The van der Waals surface area contributed by atoms with E-state index in [1.165, 1.54) is 0 Å². The van der Waals surface area contributed by atoms with Crippen molar-refractivity contribution in [3.05, 3.63) is 24.5 Å². The molecule has 0 amide bonds. The van der Waals surface area contributed by atoms with Gasteiger partial charge in [0.15, 0.2) is 0 Å². The lowest BCUT2D eigenvalue weighted by molar-refractivity contribution is 0.0923. The topological polar surface area (TPSA) is 98.3 Å². The largest absolute Gasteiger partial charge is 0.395 e. The summed E-state index contributed by atoms with van der Waals surface area (Å²) in [4.78, 5) is 9.38. The van der Waals surface area contributed by atoms with Crippen LogP contribution in [0.5, 0.6) is 0 Å². The normalized spacial score (nSPS) is 20.1. The maximum Gasteiger partial charge on any atom is 0.240 e. The molecule has 1 fully saturated rings. The molecule has 1 aliphatic heterocycles. The minimum Gasteiger partial charge on any atom is -0.395 e. The van der Waals surface area contributed by atoms with Crippen molar-refractivity contribution >= 4 is 21.1 Å². The molecule has 0 radical (unpaired) electrons. The van der Waals surface area contributed by atoms with Crippen LogP contribution in [0.25, 0.3) is 11.0 Å². The molecule has 1 saturated heterocycles. The summed E-state index contributed by atoms with van der Waals surface area (Å²) in [7, 11) is -3.54. The first kappa shape index (κ1) is 16.4. The van der Waals surface area contributed by atoms with E-state index in [0.29, 0.717) is 18.6 Å². The smallest absolute Gasteiger partial charge is 0.240 e. The van der Waals surface area contributed by atoms with Gasteiger partial charge in [0.2, 0.25) is 10.0 Å². The molecule has 7 nitrogen and oxygen atoms in total. The number of rotatable bonds is 6. The quantitative estimate of drug-likeness (QED) is 0.720. The first-order valence-corrected chi connectivity index (χ1v) is 9.36. The van der Waals surface area contributed by atoms with E-state index < -0.39 is 10.0 Å². The van der Waals surface area contributed by atoms with E-state index >= 15 is 0 Å². The molecule has 23 heavy (non-hydrogen) atoms. The van der Waals surface area contributed by atoms with Crippen molar-refractivity contribution in [2.24, 2.45) is 0 Å². The number of H-pyrrole nitrogens is 1. The highest BCUT2D eigenvalue weighted by molar-refractivity contribution is 7.89. The number of aromatic amines is 1. The summed E-state index contributed by atoms with van der Waals surface area (Å²) in [5.74, 6) is 0. The highest BCUT2D eigenvalue weighted by Crippen LogP contribution is 2.17. The number of aromatic nitrogens is 2. The average Bonchev–Trinajstić information content (AvgIpc) is 3.02. The fourth-order valence-corrected chi connectivity index (χ4v) is 4.10. The first-order chi connectivity index (χ1) is 11.1. The molecule has 1 atom stereocenters. The van der Waals surface area contributed by atoms with Crippen LogP contribution in [0.3, 0.4) is 0 Å². The second-order valence-corrected chi connectivity index (χ2v) is 7.61. The van der Waals surface area contributed by atoms with E-state index in [4.69, 9.17) is 0 Å². The lowest BCUT2D eigenvalue weighted by Crippen LogP contribution is -2.45. The summed E-state index contributed by atoms with van der Waals surface area (Å²) in [5, 5.41) is 9.39. The Morgan fingerprint density at radius 2 is 2.26 bits per heavy atom. The Balaban J connectivity index is 1.62. The highest BCUT2D eigenvalue weighted by Gasteiger charge is 2.22. The Hall–Kier alpha value is -1.48. The Bertz CT molecular complexity index is 759. The van der Waals surface area contributed by atoms with Gasteiger partial charge in [-0.05, 0) is 37.6 Å². The van der Waals surface area contributed by atoms with Gasteiger partial charge in [0, 0.05) is 19.1 Å². The number of piperidine rings is 1. The molecule has 0 bridgehead atoms. The first-order valence-electron chi connectivity index (χ1n) is 7.88. The van der Waals surface area contributed by atoms with Crippen molar-refractivity contribution in [3.63, 3.8) is 0 Å². The molecule has 0 aliphatic carbocycles. The Morgan fingerprint density at radius 3 is 3.09 bits per heavy atom. The van der Waals surface area contributed by atoms with Crippen molar-refractivity contribution in [2.45, 2.75) is 30.2 Å². The molecule has 126 valence electrons. The van der Waals surface area contributed by atoms with E-state index in [1.54, 1.807) is 24.5 Å². The van der Waals surface area contributed by atoms with Gasteiger partial charge < -0.3 is 10.1 Å². The maximum absolute atomic E-state index is 12.4. The van der Waals surface area contributed by atoms with Crippen molar-refractivity contribution < 1.29 is 13.5 Å². The molecular formula is C15H22N4O3S. The maximum atomic E-state index is 12.4. The van der Waals surface area contributed by atoms with Crippen LogP contribution < -0.4 is 4.72 Å². The van der Waals surface area contributed by atoms with Crippen LogP contribution in [-0.2, 0) is 10.0 Å². The predicted molar refractivity (Wildman–Crippen MR) is 87.6 cm³/mol. The molecule has 3 rings (SSSR count). The molecule has 1 unspecified atom stereocenters. The molecule has 1 aromatic heterocycles. The third-order valence-electron chi connectivity index (χ3n) is 4.35. The lowest BCUT2D eigenvalue weighted by Gasteiger charge is -2.34. The van der Waals surface area contributed by atoms with Gasteiger partial charge in [0.25, 0.3) is 0 Å². The fourth-order valence-electron chi connectivity index (χ4n) is 3.05. The monoisotopic (exact) mass is 338 g/mol. The molecule has 1 aliphatic rings. The number of sulfonamides is 1. The minimum absolute atomic E-state index is 0.128. The molecule has 3 N–H and O–H groups in total. The molecule has 8 heteroatoms. The molecule has 2 aromatic rings. The van der Waals surface area contributed by atoms with E-state index in [-0.39, 0.29) is 17.5 Å². The van der Waals surface area contributed by atoms with Crippen molar-refractivity contribution in [1.82, 2.24) is 19.6 Å². The van der Waals surface area contributed by atoms with Gasteiger partial charge in [-0.25, -0.2) is 18.1 Å². The number of imidazole rings is 1. The Labute approximate surface area is 135 Å². The van der Waals surface area contributed by atoms with Crippen LogP contribution >= 0.6 is 0 Å². The summed E-state index contributed by atoms with van der Waals surface area (Å²) < 4.78 is 27.4. The van der Waals surface area contributed by atoms with Crippen molar-refractivity contribution in [2.75, 3.05) is 26.2 Å². The summed E-state index contributed by atoms with van der Waals surface area (Å²) >= 11 is 0. The van der Waals surface area contributed by atoms with Crippen LogP contribution in [-0.4, -0.2) is 60.7 Å². The van der Waals surface area contributed by atoms with Gasteiger partial charge in [-0.15, -0.1) is 0 Å². The van der Waals surface area contributed by atoms with E-state index in [1.807, 2.05) is 0 Å². The van der Waals surface area contributed by atoms with Crippen LogP contribution in [0.15, 0.2) is 29.4 Å².